The molecule has 0 unspecified atom stereocenters. The maximum absolute atomic E-state index is 11.9. The normalized spacial score (nSPS) is 15.2. The topological polar surface area (TPSA) is 86.5 Å². The van der Waals surface area contributed by atoms with Crippen molar-refractivity contribution in [3.05, 3.63) is 27.7 Å². The van der Waals surface area contributed by atoms with Gasteiger partial charge in [-0.3, -0.25) is 0 Å². The molecule has 0 amide bonds. The second-order valence-corrected chi connectivity index (χ2v) is 7.34. The van der Waals surface area contributed by atoms with Crippen LogP contribution in [0.3, 0.4) is 0 Å². The molecule has 2 rings (SSSR count). The fraction of sp³-hybridized carbons (Fsp3) is 0.462. The van der Waals surface area contributed by atoms with Crippen molar-refractivity contribution in [3.63, 3.8) is 0 Å². The molecule has 0 atom stereocenters. The summed E-state index contributed by atoms with van der Waals surface area (Å²) in [6, 6.07) is 2.82. The van der Waals surface area contributed by atoms with Crippen LogP contribution in [0.25, 0.3) is 0 Å². The van der Waals surface area contributed by atoms with E-state index >= 15 is 0 Å². The first-order valence-corrected chi connectivity index (χ1v) is 8.63. The highest BCUT2D eigenvalue weighted by molar-refractivity contribution is 9.10. The Morgan fingerprint density at radius 3 is 2.65 bits per heavy atom. The van der Waals surface area contributed by atoms with Gasteiger partial charge >= 0.3 is 5.97 Å². The summed E-state index contributed by atoms with van der Waals surface area (Å²) in [6.45, 7) is 2.06. The fourth-order valence-electron chi connectivity index (χ4n) is 1.87. The van der Waals surface area contributed by atoms with Gasteiger partial charge in [0.05, 0.1) is 17.1 Å². The molecular formula is C13H16BrNO4S. The number of esters is 1. The van der Waals surface area contributed by atoms with Crippen LogP contribution in [-0.4, -0.2) is 21.0 Å². The van der Waals surface area contributed by atoms with Gasteiger partial charge in [0.1, 0.15) is 0 Å². The number of hydrogen-bond donors (Lipinski definition) is 1. The molecule has 1 saturated carbocycles. The predicted octanol–water partition coefficient (Wildman–Crippen LogP) is 2.36. The minimum atomic E-state index is -3.89. The van der Waals surface area contributed by atoms with E-state index < -0.39 is 16.0 Å². The first-order chi connectivity index (χ1) is 9.29. The van der Waals surface area contributed by atoms with Gasteiger partial charge in [0.15, 0.2) is 0 Å². The minimum Gasteiger partial charge on any atom is -0.462 e. The number of carbonyl (C=O) groups is 1. The zero-order valence-corrected chi connectivity index (χ0v) is 13.5. The van der Waals surface area contributed by atoms with Crippen molar-refractivity contribution in [2.45, 2.75) is 31.1 Å². The molecule has 1 aromatic rings. The van der Waals surface area contributed by atoms with E-state index in [1.165, 1.54) is 18.9 Å². The van der Waals surface area contributed by atoms with Crippen LogP contribution in [0, 0.1) is 12.8 Å². The number of carbonyl (C=O) groups excluding carboxylic acids is 1. The number of ether oxygens (including phenoxy) is 1. The lowest BCUT2D eigenvalue weighted by molar-refractivity contribution is 0.0494. The van der Waals surface area contributed by atoms with E-state index in [9.17, 15) is 13.2 Å². The van der Waals surface area contributed by atoms with Crippen molar-refractivity contribution < 1.29 is 17.9 Å². The van der Waals surface area contributed by atoms with Gasteiger partial charge < -0.3 is 4.74 Å². The molecule has 0 aliphatic heterocycles. The number of benzene rings is 1. The summed E-state index contributed by atoms with van der Waals surface area (Å²) in [6.07, 6.45) is 3.26. The third-order valence-electron chi connectivity index (χ3n) is 3.22. The first-order valence-electron chi connectivity index (χ1n) is 6.29. The van der Waals surface area contributed by atoms with Gasteiger partial charge in [-0.25, -0.2) is 18.4 Å². The van der Waals surface area contributed by atoms with Crippen molar-refractivity contribution in [1.82, 2.24) is 0 Å². The molecule has 0 radical (unpaired) electrons. The van der Waals surface area contributed by atoms with Crippen LogP contribution in [0.1, 0.15) is 35.2 Å². The van der Waals surface area contributed by atoms with Gasteiger partial charge in [0, 0.05) is 4.47 Å². The van der Waals surface area contributed by atoms with Crippen LogP contribution in [0.4, 0.5) is 0 Å². The Labute approximate surface area is 126 Å². The van der Waals surface area contributed by atoms with Crippen molar-refractivity contribution >= 4 is 31.9 Å². The van der Waals surface area contributed by atoms with Crippen LogP contribution in [0.5, 0.6) is 0 Å². The Kier molecular flexibility index (Phi) is 4.51. The summed E-state index contributed by atoms with van der Waals surface area (Å²) < 4.78 is 28.5. The zero-order chi connectivity index (χ0) is 14.9. The molecule has 110 valence electrons. The molecule has 20 heavy (non-hydrogen) atoms. The standard InChI is InChI=1S/C13H16BrNO4S/c1-8-6-10(7-11(12(8)14)20(15,17)18)13(16)19-5-4-9-2-3-9/h6-7,9H,2-5H2,1H3,(H2,15,17,18). The first kappa shape index (κ1) is 15.5. The number of rotatable bonds is 5. The molecule has 1 aliphatic carbocycles. The quantitative estimate of drug-likeness (QED) is 0.815. The van der Waals surface area contributed by atoms with Gasteiger partial charge in [0.2, 0.25) is 10.0 Å². The van der Waals surface area contributed by atoms with E-state index in [-0.39, 0.29) is 10.5 Å². The van der Waals surface area contributed by atoms with E-state index in [1.54, 1.807) is 13.0 Å². The summed E-state index contributed by atoms with van der Waals surface area (Å²) in [5.74, 6) is 0.153. The van der Waals surface area contributed by atoms with E-state index in [0.717, 1.165) is 6.42 Å². The molecule has 0 aromatic heterocycles. The van der Waals surface area contributed by atoms with Crippen LogP contribution >= 0.6 is 15.9 Å². The lowest BCUT2D eigenvalue weighted by atomic mass is 10.1. The van der Waals surface area contributed by atoms with Gasteiger partial charge in [-0.1, -0.05) is 12.8 Å². The molecule has 1 fully saturated rings. The number of primary sulfonamides is 1. The average molecular weight is 362 g/mol. The summed E-state index contributed by atoms with van der Waals surface area (Å²) in [7, 11) is -3.89. The molecule has 0 heterocycles. The Bertz CT molecular complexity index is 638. The number of hydrogen-bond acceptors (Lipinski definition) is 4. The molecule has 5 nitrogen and oxygen atoms in total. The summed E-state index contributed by atoms with van der Waals surface area (Å²) >= 11 is 3.17. The second kappa shape index (κ2) is 5.83. The highest BCUT2D eigenvalue weighted by Crippen LogP contribution is 2.32. The van der Waals surface area contributed by atoms with Crippen LogP contribution < -0.4 is 5.14 Å². The summed E-state index contributed by atoms with van der Waals surface area (Å²) in [5.41, 5.74) is 0.816. The lowest BCUT2D eigenvalue weighted by Crippen LogP contribution is -2.15. The van der Waals surface area contributed by atoms with Gasteiger partial charge in [-0.2, -0.15) is 0 Å². The molecular weight excluding hydrogens is 346 g/mol. The third kappa shape index (κ3) is 3.80. The van der Waals surface area contributed by atoms with Gasteiger partial charge in [-0.15, -0.1) is 0 Å². The molecule has 7 heteroatoms. The molecule has 0 saturated heterocycles. The van der Waals surface area contributed by atoms with Crippen molar-refractivity contribution in [2.75, 3.05) is 6.61 Å². The number of halogens is 1. The number of aryl methyl sites for hydroxylation is 1. The SMILES string of the molecule is Cc1cc(C(=O)OCCC2CC2)cc(S(N)(=O)=O)c1Br. The summed E-state index contributed by atoms with van der Waals surface area (Å²) in [5, 5.41) is 5.13. The molecule has 2 N–H and O–H groups in total. The van der Waals surface area contributed by atoms with Gasteiger partial charge in [0.25, 0.3) is 0 Å². The maximum Gasteiger partial charge on any atom is 0.338 e. The largest absolute Gasteiger partial charge is 0.462 e. The van der Waals surface area contributed by atoms with Crippen LogP contribution in [0.15, 0.2) is 21.5 Å². The fourth-order valence-corrected chi connectivity index (χ4v) is 3.48. The predicted molar refractivity (Wildman–Crippen MR) is 77.9 cm³/mol. The smallest absolute Gasteiger partial charge is 0.338 e. The van der Waals surface area contributed by atoms with Crippen molar-refractivity contribution in [1.29, 1.82) is 0 Å². The van der Waals surface area contributed by atoms with Crippen molar-refractivity contribution in [3.8, 4) is 0 Å². The van der Waals surface area contributed by atoms with E-state index in [1.807, 2.05) is 0 Å². The molecule has 0 spiro atoms. The second-order valence-electron chi connectivity index (χ2n) is 5.02. The zero-order valence-electron chi connectivity index (χ0n) is 11.1. The lowest BCUT2D eigenvalue weighted by Gasteiger charge is -2.09. The Morgan fingerprint density at radius 2 is 2.10 bits per heavy atom. The number of nitrogens with two attached hydrogens (primary N) is 1. The highest BCUT2D eigenvalue weighted by Gasteiger charge is 2.22. The minimum absolute atomic E-state index is 0.105. The Hall–Kier alpha value is -0.920. The number of sulfonamides is 1. The third-order valence-corrected chi connectivity index (χ3v) is 5.47. The molecule has 0 bridgehead atoms. The Balaban J connectivity index is 2.18. The molecule has 1 aliphatic rings. The van der Waals surface area contributed by atoms with E-state index in [2.05, 4.69) is 15.9 Å². The Morgan fingerprint density at radius 1 is 1.45 bits per heavy atom. The van der Waals surface area contributed by atoms with Crippen LogP contribution in [0.2, 0.25) is 0 Å². The van der Waals surface area contributed by atoms with E-state index in [4.69, 9.17) is 9.88 Å². The van der Waals surface area contributed by atoms with E-state index in [0.29, 0.717) is 22.6 Å². The van der Waals surface area contributed by atoms with Crippen molar-refractivity contribution in [2.24, 2.45) is 11.1 Å². The monoisotopic (exact) mass is 361 g/mol. The van der Waals surface area contributed by atoms with Crippen LogP contribution in [-0.2, 0) is 14.8 Å². The maximum atomic E-state index is 11.9. The summed E-state index contributed by atoms with van der Waals surface area (Å²) in [4.78, 5) is 11.8. The average Bonchev–Trinajstić information content (AvgIpc) is 3.14. The highest BCUT2D eigenvalue weighted by atomic mass is 79.9. The molecule has 1 aromatic carbocycles. The van der Waals surface area contributed by atoms with Gasteiger partial charge in [-0.05, 0) is 52.9 Å².